The quantitative estimate of drug-likeness (QED) is 0.245. The summed E-state index contributed by atoms with van der Waals surface area (Å²) in [4.78, 5) is 17.2. The third-order valence-corrected chi connectivity index (χ3v) is 5.62. The lowest BCUT2D eigenvalue weighted by Crippen LogP contribution is -2.11. The van der Waals surface area contributed by atoms with E-state index in [1.54, 1.807) is 42.5 Å². The number of nitrogens with one attached hydrogen (secondary N) is 1. The summed E-state index contributed by atoms with van der Waals surface area (Å²) >= 11 is 5.95. The van der Waals surface area contributed by atoms with Gasteiger partial charge in [0.15, 0.2) is 5.58 Å². The van der Waals surface area contributed by atoms with Gasteiger partial charge in [0.1, 0.15) is 11.3 Å². The molecule has 33 heavy (non-hydrogen) atoms. The van der Waals surface area contributed by atoms with Gasteiger partial charge in [-0.15, -0.1) is 0 Å². The van der Waals surface area contributed by atoms with Crippen LogP contribution in [0.1, 0.15) is 49.4 Å². The Bertz CT molecular complexity index is 1200. The average molecular weight is 463 g/mol. The number of carbonyl (C=O) groups excluding carboxylic acids is 1. The number of ether oxygens (including phenoxy) is 1. The molecule has 4 aromatic rings. The van der Waals surface area contributed by atoms with Crippen molar-refractivity contribution >= 4 is 34.3 Å². The predicted molar refractivity (Wildman–Crippen MR) is 133 cm³/mol. The van der Waals surface area contributed by atoms with Crippen LogP contribution in [-0.2, 0) is 0 Å². The van der Waals surface area contributed by atoms with E-state index >= 15 is 0 Å². The van der Waals surface area contributed by atoms with E-state index in [-0.39, 0.29) is 5.91 Å². The van der Waals surface area contributed by atoms with Crippen LogP contribution in [0, 0.1) is 0 Å². The first-order valence-electron chi connectivity index (χ1n) is 11.3. The van der Waals surface area contributed by atoms with Crippen molar-refractivity contribution in [1.29, 1.82) is 0 Å². The molecule has 0 radical (unpaired) electrons. The van der Waals surface area contributed by atoms with E-state index in [1.165, 1.54) is 25.7 Å². The summed E-state index contributed by atoms with van der Waals surface area (Å²) in [6, 6.07) is 19.9. The van der Waals surface area contributed by atoms with Gasteiger partial charge in [-0.25, -0.2) is 4.98 Å². The van der Waals surface area contributed by atoms with Crippen molar-refractivity contribution in [3.8, 4) is 17.2 Å². The number of carbonyl (C=O) groups is 1. The van der Waals surface area contributed by atoms with Crippen molar-refractivity contribution in [2.24, 2.45) is 0 Å². The second kappa shape index (κ2) is 11.0. The Balaban J connectivity index is 1.35. The maximum absolute atomic E-state index is 12.7. The summed E-state index contributed by atoms with van der Waals surface area (Å²) in [5, 5.41) is 3.57. The zero-order valence-corrected chi connectivity index (χ0v) is 19.4. The normalized spacial score (nSPS) is 11.0. The number of benzene rings is 3. The minimum Gasteiger partial charge on any atom is -0.494 e. The summed E-state index contributed by atoms with van der Waals surface area (Å²) in [6.07, 6.45) is 6.00. The van der Waals surface area contributed by atoms with Crippen LogP contribution in [0.4, 0.5) is 5.69 Å². The van der Waals surface area contributed by atoms with Crippen molar-refractivity contribution in [1.82, 2.24) is 4.98 Å². The van der Waals surface area contributed by atoms with Crippen LogP contribution in [0.5, 0.6) is 5.75 Å². The van der Waals surface area contributed by atoms with Gasteiger partial charge in [-0.1, -0.05) is 44.2 Å². The fraction of sp³-hybridized carbons (Fsp3) is 0.259. The molecule has 1 aromatic heterocycles. The predicted octanol–water partition coefficient (Wildman–Crippen LogP) is 7.75. The van der Waals surface area contributed by atoms with Gasteiger partial charge >= 0.3 is 0 Å². The Morgan fingerprint density at radius 1 is 0.970 bits per heavy atom. The highest BCUT2D eigenvalue weighted by Crippen LogP contribution is 2.27. The first-order valence-corrected chi connectivity index (χ1v) is 11.7. The molecule has 170 valence electrons. The van der Waals surface area contributed by atoms with Crippen LogP contribution >= 0.6 is 11.6 Å². The van der Waals surface area contributed by atoms with Crippen molar-refractivity contribution in [2.45, 2.75) is 39.0 Å². The second-order valence-corrected chi connectivity index (χ2v) is 8.39. The Labute approximate surface area is 198 Å². The molecule has 0 aliphatic rings. The molecule has 1 N–H and O–H groups in total. The highest BCUT2D eigenvalue weighted by atomic mass is 35.5. The summed E-state index contributed by atoms with van der Waals surface area (Å²) in [5.74, 6) is 1.09. The number of aromatic nitrogens is 1. The fourth-order valence-corrected chi connectivity index (χ4v) is 3.65. The lowest BCUT2D eigenvalue weighted by Gasteiger charge is -2.08. The zero-order chi connectivity index (χ0) is 23.0. The molecule has 3 aromatic carbocycles. The molecule has 0 aliphatic carbocycles. The molecule has 0 bridgehead atoms. The summed E-state index contributed by atoms with van der Waals surface area (Å²) in [6.45, 7) is 2.91. The summed E-state index contributed by atoms with van der Waals surface area (Å²) in [5.41, 5.74) is 3.36. The number of anilines is 1. The standard InChI is InChI=1S/C27H27ClN2O3/c1-2-3-4-5-6-17-32-23-14-9-19(10-15-23)26(31)29-22-13-16-25-24(18-22)30-27(33-25)20-7-11-21(28)12-8-20/h7-16,18H,2-6,17H2,1H3,(H,29,31). The minimum atomic E-state index is -0.193. The molecule has 4 rings (SSSR count). The highest BCUT2D eigenvalue weighted by molar-refractivity contribution is 6.30. The van der Waals surface area contributed by atoms with E-state index in [9.17, 15) is 4.79 Å². The van der Waals surface area contributed by atoms with E-state index in [2.05, 4.69) is 17.2 Å². The monoisotopic (exact) mass is 462 g/mol. The number of fused-ring (bicyclic) bond motifs is 1. The van der Waals surface area contributed by atoms with Gasteiger partial charge in [0.05, 0.1) is 6.61 Å². The van der Waals surface area contributed by atoms with Crippen LogP contribution in [0.2, 0.25) is 5.02 Å². The maximum Gasteiger partial charge on any atom is 0.255 e. The van der Waals surface area contributed by atoms with Gasteiger partial charge in [0.2, 0.25) is 5.89 Å². The Hall–Kier alpha value is -3.31. The first-order chi connectivity index (χ1) is 16.1. The highest BCUT2D eigenvalue weighted by Gasteiger charge is 2.11. The molecule has 0 saturated carbocycles. The Kier molecular flexibility index (Phi) is 7.63. The number of unbranched alkanes of at least 4 members (excludes halogenated alkanes) is 4. The molecule has 0 unspecified atom stereocenters. The Morgan fingerprint density at radius 2 is 1.73 bits per heavy atom. The van der Waals surface area contributed by atoms with Crippen LogP contribution in [0.3, 0.4) is 0 Å². The molecular formula is C27H27ClN2O3. The Morgan fingerprint density at radius 3 is 2.48 bits per heavy atom. The van der Waals surface area contributed by atoms with Crippen LogP contribution < -0.4 is 10.1 Å². The number of hydrogen-bond acceptors (Lipinski definition) is 4. The van der Waals surface area contributed by atoms with Gasteiger partial charge in [0.25, 0.3) is 5.91 Å². The van der Waals surface area contributed by atoms with Gasteiger partial charge in [-0.05, 0) is 73.2 Å². The number of amides is 1. The largest absolute Gasteiger partial charge is 0.494 e. The van der Waals surface area contributed by atoms with Crippen LogP contribution in [-0.4, -0.2) is 17.5 Å². The van der Waals surface area contributed by atoms with Crippen molar-refractivity contribution in [3.05, 3.63) is 77.3 Å². The SMILES string of the molecule is CCCCCCCOc1ccc(C(=O)Nc2ccc3oc(-c4ccc(Cl)cc4)nc3c2)cc1. The van der Waals surface area contributed by atoms with Gasteiger partial charge in [-0.3, -0.25) is 4.79 Å². The summed E-state index contributed by atoms with van der Waals surface area (Å²) in [7, 11) is 0. The molecule has 1 heterocycles. The smallest absolute Gasteiger partial charge is 0.255 e. The fourth-order valence-electron chi connectivity index (χ4n) is 3.52. The van der Waals surface area contributed by atoms with Gasteiger partial charge < -0.3 is 14.5 Å². The number of halogens is 1. The number of nitrogens with zero attached hydrogens (tertiary/aromatic N) is 1. The van der Waals surface area contributed by atoms with Gasteiger partial charge in [0, 0.05) is 21.8 Å². The van der Waals surface area contributed by atoms with Gasteiger partial charge in [-0.2, -0.15) is 0 Å². The van der Waals surface area contributed by atoms with Crippen LogP contribution in [0.15, 0.2) is 71.1 Å². The molecule has 0 atom stereocenters. The second-order valence-electron chi connectivity index (χ2n) is 7.95. The van der Waals surface area contributed by atoms with E-state index in [4.69, 9.17) is 20.8 Å². The van der Waals surface area contributed by atoms with Crippen molar-refractivity contribution in [3.63, 3.8) is 0 Å². The van der Waals surface area contributed by atoms with Crippen LogP contribution in [0.25, 0.3) is 22.6 Å². The molecule has 5 nitrogen and oxygen atoms in total. The number of oxazole rings is 1. The first kappa shape index (κ1) is 22.9. The molecule has 0 fully saturated rings. The van der Waals surface area contributed by atoms with Crippen molar-refractivity contribution in [2.75, 3.05) is 11.9 Å². The van der Waals surface area contributed by atoms with E-state index in [1.807, 2.05) is 24.3 Å². The van der Waals surface area contributed by atoms with E-state index in [0.717, 1.165) is 17.7 Å². The summed E-state index contributed by atoms with van der Waals surface area (Å²) < 4.78 is 11.6. The lowest BCUT2D eigenvalue weighted by molar-refractivity contribution is 0.102. The molecular weight excluding hydrogens is 436 g/mol. The zero-order valence-electron chi connectivity index (χ0n) is 18.6. The molecule has 0 saturated heterocycles. The van der Waals surface area contributed by atoms with E-state index < -0.39 is 0 Å². The number of hydrogen-bond donors (Lipinski definition) is 1. The topological polar surface area (TPSA) is 64.4 Å². The molecule has 1 amide bonds. The lowest BCUT2D eigenvalue weighted by atomic mass is 10.1. The average Bonchev–Trinajstić information content (AvgIpc) is 3.25. The van der Waals surface area contributed by atoms with Crippen molar-refractivity contribution < 1.29 is 13.9 Å². The maximum atomic E-state index is 12.7. The third kappa shape index (κ3) is 6.14. The number of rotatable bonds is 10. The molecule has 6 heteroatoms. The third-order valence-electron chi connectivity index (χ3n) is 5.37. The molecule has 0 spiro atoms. The minimum absolute atomic E-state index is 0.193. The molecule has 0 aliphatic heterocycles. The van der Waals surface area contributed by atoms with E-state index in [0.29, 0.717) is 39.9 Å².